The maximum absolute atomic E-state index is 12.9. The highest BCUT2D eigenvalue weighted by atomic mass is 35.5. The molecule has 0 aliphatic carbocycles. The molecule has 2 saturated heterocycles. The van der Waals surface area contributed by atoms with Crippen LogP contribution in [0.2, 0.25) is 10.0 Å². The van der Waals surface area contributed by atoms with Crippen molar-refractivity contribution in [3.63, 3.8) is 0 Å². The van der Waals surface area contributed by atoms with Crippen LogP contribution in [-0.4, -0.2) is 56.1 Å². The minimum absolute atomic E-state index is 0.0666. The van der Waals surface area contributed by atoms with Gasteiger partial charge >= 0.3 is 0 Å². The summed E-state index contributed by atoms with van der Waals surface area (Å²) in [6.07, 6.45) is 1.36. The van der Waals surface area contributed by atoms with Crippen molar-refractivity contribution < 1.29 is 14.3 Å². The van der Waals surface area contributed by atoms with Crippen LogP contribution in [0.5, 0.6) is 0 Å². The van der Waals surface area contributed by atoms with Gasteiger partial charge in [0.2, 0.25) is 11.8 Å². The van der Waals surface area contributed by atoms with E-state index in [4.69, 9.17) is 27.9 Å². The van der Waals surface area contributed by atoms with Crippen LogP contribution >= 0.6 is 23.2 Å². The first-order valence-electron chi connectivity index (χ1n) is 8.76. The third-order valence-corrected chi connectivity index (χ3v) is 6.50. The van der Waals surface area contributed by atoms with Crippen molar-refractivity contribution in [2.24, 2.45) is 5.92 Å². The number of likely N-dealkylation sites (tertiary alicyclic amines) is 1. The maximum atomic E-state index is 12.9. The van der Waals surface area contributed by atoms with Gasteiger partial charge in [0.15, 0.2) is 0 Å². The van der Waals surface area contributed by atoms with Crippen molar-refractivity contribution in [3.05, 3.63) is 27.7 Å². The molecule has 140 valence electrons. The van der Waals surface area contributed by atoms with E-state index in [1.807, 2.05) is 4.90 Å². The largest absolute Gasteiger partial charge is 0.383 e. The minimum Gasteiger partial charge on any atom is -0.383 e. The number of carbonyl (C=O) groups is 2. The van der Waals surface area contributed by atoms with E-state index in [0.717, 1.165) is 12.0 Å². The number of amides is 2. The zero-order chi connectivity index (χ0) is 18.5. The number of hydrogen-bond donors (Lipinski definition) is 2. The second-order valence-corrected chi connectivity index (χ2v) is 8.17. The number of carbonyl (C=O) groups excluding carboxylic acids is 2. The Hall–Kier alpha value is -1.34. The molecule has 3 aliphatic heterocycles. The molecular weight excluding hydrogens is 377 g/mol. The summed E-state index contributed by atoms with van der Waals surface area (Å²) in [6.45, 7) is 2.20. The Morgan fingerprint density at radius 2 is 2.15 bits per heavy atom. The van der Waals surface area contributed by atoms with Crippen molar-refractivity contribution in [3.8, 4) is 0 Å². The predicted molar refractivity (Wildman–Crippen MR) is 99.7 cm³/mol. The van der Waals surface area contributed by atoms with Gasteiger partial charge in [-0.1, -0.05) is 23.2 Å². The van der Waals surface area contributed by atoms with Crippen molar-refractivity contribution in [2.45, 2.75) is 24.3 Å². The Bertz CT molecular complexity index is 772. The predicted octanol–water partition coefficient (Wildman–Crippen LogP) is 2.04. The van der Waals surface area contributed by atoms with Crippen molar-refractivity contribution in [2.75, 3.05) is 38.7 Å². The highest BCUT2D eigenvalue weighted by molar-refractivity contribution is 6.42. The Morgan fingerprint density at radius 1 is 1.38 bits per heavy atom. The number of benzene rings is 1. The lowest BCUT2D eigenvalue weighted by molar-refractivity contribution is -0.134. The normalized spacial score (nSPS) is 30.1. The van der Waals surface area contributed by atoms with Crippen LogP contribution in [0.1, 0.15) is 18.4 Å². The molecule has 2 N–H and O–H groups in total. The summed E-state index contributed by atoms with van der Waals surface area (Å²) in [4.78, 5) is 27.5. The molecule has 6 nitrogen and oxygen atoms in total. The zero-order valence-electron chi connectivity index (χ0n) is 14.5. The van der Waals surface area contributed by atoms with E-state index in [0.29, 0.717) is 48.4 Å². The Morgan fingerprint density at radius 3 is 2.92 bits per heavy atom. The average Bonchev–Trinajstić information content (AvgIpc) is 3.30. The standard InChI is InChI=1S/C18H21Cl2N3O3/c1-26-8-11-4-10(7-21-11)16(24)23-3-2-18(9-23)12-5-13(19)14(20)6-15(12)22-17(18)25/h5-6,10-11,21H,2-4,7-9H2,1H3,(H,22,25)/t10-,11-,18+/m0/s1. The van der Waals surface area contributed by atoms with E-state index in [-0.39, 0.29) is 23.8 Å². The molecule has 4 rings (SSSR count). The molecule has 2 amide bonds. The smallest absolute Gasteiger partial charge is 0.237 e. The molecule has 1 aromatic rings. The highest BCUT2D eigenvalue weighted by Gasteiger charge is 2.53. The van der Waals surface area contributed by atoms with Crippen molar-refractivity contribution >= 4 is 40.7 Å². The van der Waals surface area contributed by atoms with E-state index < -0.39 is 5.41 Å². The van der Waals surface area contributed by atoms with Crippen LogP contribution in [0, 0.1) is 5.92 Å². The lowest BCUT2D eigenvalue weighted by Gasteiger charge is -2.24. The second kappa shape index (κ2) is 6.68. The van der Waals surface area contributed by atoms with Crippen LogP contribution in [0.4, 0.5) is 5.69 Å². The number of nitrogens with one attached hydrogen (secondary N) is 2. The highest BCUT2D eigenvalue weighted by Crippen LogP contribution is 2.47. The lowest BCUT2D eigenvalue weighted by atomic mass is 9.81. The molecule has 1 spiro atoms. The summed E-state index contributed by atoms with van der Waals surface area (Å²) in [7, 11) is 1.66. The number of ether oxygens (including phenoxy) is 1. The molecule has 3 atom stereocenters. The first kappa shape index (κ1) is 18.0. The van der Waals surface area contributed by atoms with E-state index >= 15 is 0 Å². The number of halogens is 2. The zero-order valence-corrected chi connectivity index (χ0v) is 16.0. The monoisotopic (exact) mass is 397 g/mol. The van der Waals surface area contributed by atoms with E-state index in [1.165, 1.54) is 0 Å². The summed E-state index contributed by atoms with van der Waals surface area (Å²) in [5.41, 5.74) is 0.812. The number of rotatable bonds is 3. The SMILES string of the molecule is COC[C@@H]1C[C@H](C(=O)N2CC[C@]3(C2)C(=O)Nc2cc(Cl)c(Cl)cc23)CN1. The minimum atomic E-state index is -0.725. The van der Waals surface area contributed by atoms with Crippen LogP contribution in [0.3, 0.4) is 0 Å². The van der Waals surface area contributed by atoms with Gasteiger partial charge in [0, 0.05) is 38.5 Å². The van der Waals surface area contributed by atoms with Crippen LogP contribution in [-0.2, 0) is 19.7 Å². The summed E-state index contributed by atoms with van der Waals surface area (Å²) < 4.78 is 5.17. The van der Waals surface area contributed by atoms with Gasteiger partial charge in [-0.15, -0.1) is 0 Å². The summed E-state index contributed by atoms with van der Waals surface area (Å²) in [6, 6.07) is 3.66. The molecule has 0 aromatic heterocycles. The summed E-state index contributed by atoms with van der Waals surface area (Å²) >= 11 is 12.3. The topological polar surface area (TPSA) is 70.7 Å². The number of anilines is 1. The fourth-order valence-electron chi connectivity index (χ4n) is 4.41. The first-order valence-corrected chi connectivity index (χ1v) is 9.52. The number of fused-ring (bicyclic) bond motifs is 2. The van der Waals surface area contributed by atoms with Gasteiger partial charge in [-0.05, 0) is 30.5 Å². The molecule has 26 heavy (non-hydrogen) atoms. The van der Waals surface area contributed by atoms with Crippen LogP contribution < -0.4 is 10.6 Å². The molecule has 0 radical (unpaired) electrons. The summed E-state index contributed by atoms with van der Waals surface area (Å²) in [5, 5.41) is 7.07. The second-order valence-electron chi connectivity index (χ2n) is 7.35. The third kappa shape index (κ3) is 2.80. The molecule has 1 aromatic carbocycles. The van der Waals surface area contributed by atoms with Crippen LogP contribution in [0.15, 0.2) is 12.1 Å². The number of hydrogen-bond acceptors (Lipinski definition) is 4. The molecule has 3 heterocycles. The van der Waals surface area contributed by atoms with Gasteiger partial charge in [-0.2, -0.15) is 0 Å². The van der Waals surface area contributed by atoms with Gasteiger partial charge in [-0.3, -0.25) is 9.59 Å². The van der Waals surface area contributed by atoms with Gasteiger partial charge in [0.25, 0.3) is 0 Å². The van der Waals surface area contributed by atoms with Gasteiger partial charge < -0.3 is 20.3 Å². The molecule has 0 unspecified atom stereocenters. The van der Waals surface area contributed by atoms with E-state index in [2.05, 4.69) is 10.6 Å². The van der Waals surface area contributed by atoms with E-state index in [9.17, 15) is 9.59 Å². The first-order chi connectivity index (χ1) is 12.4. The number of nitrogens with zero attached hydrogens (tertiary/aromatic N) is 1. The van der Waals surface area contributed by atoms with Crippen molar-refractivity contribution in [1.82, 2.24) is 10.2 Å². The Labute approximate surface area is 162 Å². The maximum Gasteiger partial charge on any atom is 0.237 e. The van der Waals surface area contributed by atoms with Gasteiger partial charge in [0.1, 0.15) is 0 Å². The average molecular weight is 398 g/mol. The van der Waals surface area contributed by atoms with Crippen LogP contribution in [0.25, 0.3) is 0 Å². The lowest BCUT2D eigenvalue weighted by Crippen LogP contribution is -2.41. The fraction of sp³-hybridized carbons (Fsp3) is 0.556. The Kier molecular flexibility index (Phi) is 4.63. The molecule has 0 saturated carbocycles. The molecule has 2 fully saturated rings. The van der Waals surface area contributed by atoms with Gasteiger partial charge in [-0.25, -0.2) is 0 Å². The molecule has 3 aliphatic rings. The quantitative estimate of drug-likeness (QED) is 0.818. The van der Waals surface area contributed by atoms with Gasteiger partial charge in [0.05, 0.1) is 28.0 Å². The Balaban J connectivity index is 1.53. The third-order valence-electron chi connectivity index (χ3n) is 5.78. The number of methoxy groups -OCH3 is 1. The fourth-order valence-corrected chi connectivity index (χ4v) is 4.73. The molecule has 0 bridgehead atoms. The molecule has 8 heteroatoms. The van der Waals surface area contributed by atoms with E-state index in [1.54, 1.807) is 19.2 Å². The van der Waals surface area contributed by atoms with Crippen molar-refractivity contribution in [1.29, 1.82) is 0 Å². The molecular formula is C18H21Cl2N3O3. The summed E-state index contributed by atoms with van der Waals surface area (Å²) in [5.74, 6) is -0.0414.